The summed E-state index contributed by atoms with van der Waals surface area (Å²) >= 11 is 0. The maximum absolute atomic E-state index is 5.43. The number of methoxy groups -OCH3 is 2. The van der Waals surface area contributed by atoms with E-state index in [2.05, 4.69) is 15.7 Å². The molecule has 1 rings (SSSR count). The van der Waals surface area contributed by atoms with Crippen molar-refractivity contribution >= 4 is 5.96 Å². The van der Waals surface area contributed by atoms with Gasteiger partial charge in [0.05, 0.1) is 20.3 Å². The molecule has 6 nitrogen and oxygen atoms in total. The van der Waals surface area contributed by atoms with Crippen molar-refractivity contribution in [3.8, 4) is 5.75 Å². The highest BCUT2D eigenvalue weighted by atomic mass is 16.5. The molecule has 1 aromatic carbocycles. The van der Waals surface area contributed by atoms with Gasteiger partial charge in [0, 0.05) is 13.2 Å². The van der Waals surface area contributed by atoms with Gasteiger partial charge in [0.15, 0.2) is 0 Å². The Labute approximate surface area is 114 Å². The third-order valence-electron chi connectivity index (χ3n) is 2.49. The van der Waals surface area contributed by atoms with Gasteiger partial charge in [-0.3, -0.25) is 5.43 Å². The fourth-order valence-electron chi connectivity index (χ4n) is 1.60. The molecule has 0 saturated heterocycles. The number of rotatable bonds is 6. The van der Waals surface area contributed by atoms with Crippen molar-refractivity contribution in [2.75, 3.05) is 20.8 Å². The molecule has 0 aromatic heterocycles. The summed E-state index contributed by atoms with van der Waals surface area (Å²) in [7, 11) is 3.30. The Morgan fingerprint density at radius 3 is 2.84 bits per heavy atom. The minimum Gasteiger partial charge on any atom is -0.497 e. The lowest BCUT2D eigenvalue weighted by Crippen LogP contribution is -2.46. The van der Waals surface area contributed by atoms with Crippen molar-refractivity contribution in [1.29, 1.82) is 0 Å². The lowest BCUT2D eigenvalue weighted by Gasteiger charge is -2.15. The highest BCUT2D eigenvalue weighted by Crippen LogP contribution is 2.12. The van der Waals surface area contributed by atoms with E-state index in [4.69, 9.17) is 15.3 Å². The number of hydrogen-bond acceptors (Lipinski definition) is 4. The van der Waals surface area contributed by atoms with Crippen LogP contribution in [0.5, 0.6) is 5.75 Å². The van der Waals surface area contributed by atoms with Crippen molar-refractivity contribution < 1.29 is 9.47 Å². The van der Waals surface area contributed by atoms with Crippen LogP contribution in [-0.2, 0) is 11.3 Å². The molecule has 0 amide bonds. The number of benzene rings is 1. The fourth-order valence-corrected chi connectivity index (χ4v) is 1.60. The maximum atomic E-state index is 5.43. The van der Waals surface area contributed by atoms with Gasteiger partial charge in [-0.15, -0.1) is 0 Å². The number of nitrogens with zero attached hydrogens (tertiary/aromatic N) is 1. The van der Waals surface area contributed by atoms with Crippen LogP contribution in [0.3, 0.4) is 0 Å². The third kappa shape index (κ3) is 5.58. The van der Waals surface area contributed by atoms with Gasteiger partial charge < -0.3 is 14.8 Å². The van der Waals surface area contributed by atoms with E-state index < -0.39 is 0 Å². The van der Waals surface area contributed by atoms with Crippen LogP contribution in [0, 0.1) is 0 Å². The summed E-state index contributed by atoms with van der Waals surface area (Å²) in [4.78, 5) is 4.37. The van der Waals surface area contributed by atoms with Crippen molar-refractivity contribution in [2.24, 2.45) is 10.8 Å². The molecule has 4 N–H and O–H groups in total. The summed E-state index contributed by atoms with van der Waals surface area (Å²) in [6.45, 7) is 3.09. The molecule has 19 heavy (non-hydrogen) atoms. The first-order valence-corrected chi connectivity index (χ1v) is 6.09. The van der Waals surface area contributed by atoms with Crippen LogP contribution < -0.4 is 21.3 Å². The van der Waals surface area contributed by atoms with Gasteiger partial charge in [0.2, 0.25) is 5.96 Å². The number of aliphatic imine (C=N–C) groups is 1. The van der Waals surface area contributed by atoms with Gasteiger partial charge in [0.1, 0.15) is 5.75 Å². The van der Waals surface area contributed by atoms with Crippen LogP contribution in [0.25, 0.3) is 0 Å². The predicted molar refractivity (Wildman–Crippen MR) is 75.9 cm³/mol. The van der Waals surface area contributed by atoms with Gasteiger partial charge in [-0.05, 0) is 24.6 Å². The Bertz CT molecular complexity index is 409. The van der Waals surface area contributed by atoms with E-state index in [1.165, 1.54) is 0 Å². The number of nitrogens with two attached hydrogens (primary N) is 1. The topological polar surface area (TPSA) is 80.9 Å². The molecule has 0 bridgehead atoms. The van der Waals surface area contributed by atoms with E-state index in [0.29, 0.717) is 19.1 Å². The Hall–Kier alpha value is -1.79. The molecular weight excluding hydrogens is 244 g/mol. The Balaban J connectivity index is 2.60. The van der Waals surface area contributed by atoms with Gasteiger partial charge in [-0.25, -0.2) is 10.8 Å². The summed E-state index contributed by atoms with van der Waals surface area (Å²) in [6.07, 6.45) is 0. The average molecular weight is 266 g/mol. The lowest BCUT2D eigenvalue weighted by molar-refractivity contribution is 0.179. The molecule has 0 aliphatic heterocycles. The molecule has 0 heterocycles. The number of hydrazine groups is 1. The summed E-state index contributed by atoms with van der Waals surface area (Å²) in [5, 5.41) is 3.12. The van der Waals surface area contributed by atoms with E-state index in [1.807, 2.05) is 31.2 Å². The van der Waals surface area contributed by atoms with Crippen molar-refractivity contribution in [3.63, 3.8) is 0 Å². The summed E-state index contributed by atoms with van der Waals surface area (Å²) in [5.74, 6) is 6.78. The zero-order chi connectivity index (χ0) is 14.1. The second-order valence-corrected chi connectivity index (χ2v) is 4.16. The molecule has 1 aromatic rings. The van der Waals surface area contributed by atoms with Crippen LogP contribution in [0.15, 0.2) is 29.3 Å². The number of nitrogens with one attached hydrogen (secondary N) is 2. The van der Waals surface area contributed by atoms with E-state index in [0.717, 1.165) is 11.3 Å². The Morgan fingerprint density at radius 1 is 1.42 bits per heavy atom. The first-order valence-electron chi connectivity index (χ1n) is 6.09. The second kappa shape index (κ2) is 8.34. The van der Waals surface area contributed by atoms with Crippen LogP contribution in [0.1, 0.15) is 12.5 Å². The molecule has 1 unspecified atom stereocenters. The standard InChI is InChI=1S/C13H22N4O2/c1-10(9-18-2)16-13(17-14)15-8-11-5-4-6-12(7-11)19-3/h4-7,10H,8-9,14H2,1-3H3,(H2,15,16,17). The lowest BCUT2D eigenvalue weighted by atomic mass is 10.2. The van der Waals surface area contributed by atoms with Gasteiger partial charge in [0.25, 0.3) is 0 Å². The van der Waals surface area contributed by atoms with E-state index >= 15 is 0 Å². The molecule has 0 fully saturated rings. The molecule has 0 aliphatic carbocycles. The molecule has 0 saturated carbocycles. The summed E-state index contributed by atoms with van der Waals surface area (Å²) in [5.41, 5.74) is 3.59. The zero-order valence-electron chi connectivity index (χ0n) is 11.6. The van der Waals surface area contributed by atoms with Crippen molar-refractivity contribution in [1.82, 2.24) is 10.7 Å². The van der Waals surface area contributed by atoms with Crippen molar-refractivity contribution in [2.45, 2.75) is 19.5 Å². The highest BCUT2D eigenvalue weighted by Gasteiger charge is 2.03. The SMILES string of the molecule is COCC(C)NC(=NCc1cccc(OC)c1)NN. The molecule has 0 radical (unpaired) electrons. The fraction of sp³-hybridized carbons (Fsp3) is 0.462. The Morgan fingerprint density at radius 2 is 2.21 bits per heavy atom. The second-order valence-electron chi connectivity index (χ2n) is 4.16. The smallest absolute Gasteiger partial charge is 0.206 e. The maximum Gasteiger partial charge on any atom is 0.206 e. The molecule has 6 heteroatoms. The average Bonchev–Trinajstić information content (AvgIpc) is 2.44. The van der Waals surface area contributed by atoms with E-state index in [1.54, 1.807) is 14.2 Å². The highest BCUT2D eigenvalue weighted by molar-refractivity contribution is 5.79. The Kier molecular flexibility index (Phi) is 6.70. The molecule has 0 aliphatic rings. The first-order chi connectivity index (χ1) is 9.19. The van der Waals surface area contributed by atoms with Crippen LogP contribution >= 0.6 is 0 Å². The largest absolute Gasteiger partial charge is 0.497 e. The van der Waals surface area contributed by atoms with E-state index in [-0.39, 0.29) is 6.04 Å². The predicted octanol–water partition coefficient (Wildman–Crippen LogP) is 0.639. The quantitative estimate of drug-likeness (QED) is 0.305. The summed E-state index contributed by atoms with van der Waals surface area (Å²) < 4.78 is 10.2. The third-order valence-corrected chi connectivity index (χ3v) is 2.49. The number of guanidine groups is 1. The molecule has 1 atom stereocenters. The summed E-state index contributed by atoms with van der Waals surface area (Å²) in [6, 6.07) is 7.88. The normalized spacial score (nSPS) is 12.9. The monoisotopic (exact) mass is 266 g/mol. The minimum absolute atomic E-state index is 0.130. The number of hydrogen-bond donors (Lipinski definition) is 3. The van der Waals surface area contributed by atoms with Gasteiger partial charge in [-0.1, -0.05) is 12.1 Å². The van der Waals surface area contributed by atoms with Gasteiger partial charge >= 0.3 is 0 Å². The van der Waals surface area contributed by atoms with Gasteiger partial charge in [-0.2, -0.15) is 0 Å². The zero-order valence-corrected chi connectivity index (χ0v) is 11.6. The first kappa shape index (κ1) is 15.3. The van der Waals surface area contributed by atoms with Crippen LogP contribution in [0.2, 0.25) is 0 Å². The molecule has 0 spiro atoms. The number of ether oxygens (including phenoxy) is 2. The molecular formula is C13H22N4O2. The van der Waals surface area contributed by atoms with Crippen LogP contribution in [-0.4, -0.2) is 32.8 Å². The minimum atomic E-state index is 0.130. The van der Waals surface area contributed by atoms with E-state index in [9.17, 15) is 0 Å². The molecule has 106 valence electrons. The van der Waals surface area contributed by atoms with Crippen LogP contribution in [0.4, 0.5) is 0 Å². The van der Waals surface area contributed by atoms with Crippen molar-refractivity contribution in [3.05, 3.63) is 29.8 Å².